The van der Waals surface area contributed by atoms with Crippen LogP contribution in [0.15, 0.2) is 28.7 Å². The van der Waals surface area contributed by atoms with E-state index in [1.165, 1.54) is 4.90 Å². The van der Waals surface area contributed by atoms with E-state index >= 15 is 0 Å². The second-order valence-electron chi connectivity index (χ2n) is 4.60. The van der Waals surface area contributed by atoms with Crippen LogP contribution in [0.5, 0.6) is 0 Å². The van der Waals surface area contributed by atoms with Gasteiger partial charge in [0.15, 0.2) is 0 Å². The molecule has 96 valence electrons. The molecule has 1 heterocycles. The van der Waals surface area contributed by atoms with Crippen LogP contribution in [-0.4, -0.2) is 23.3 Å². The fraction of sp³-hybridized carbons (Fsp3) is 0.429. The molecule has 0 N–H and O–H groups in total. The third kappa shape index (κ3) is 2.80. The van der Waals surface area contributed by atoms with Crippen molar-refractivity contribution in [1.29, 1.82) is 0 Å². The Morgan fingerprint density at radius 1 is 1.28 bits per heavy atom. The Balaban J connectivity index is 2.15. The molecule has 2 amide bonds. The topological polar surface area (TPSA) is 37.4 Å². The Labute approximate surface area is 115 Å². The quantitative estimate of drug-likeness (QED) is 0.805. The van der Waals surface area contributed by atoms with Crippen LogP contribution >= 0.6 is 15.9 Å². The lowest BCUT2D eigenvalue weighted by atomic mass is 9.88. The zero-order valence-electron chi connectivity index (χ0n) is 10.4. The molecule has 0 aromatic heterocycles. The monoisotopic (exact) mass is 309 g/mol. The summed E-state index contributed by atoms with van der Waals surface area (Å²) in [4.78, 5) is 25.3. The van der Waals surface area contributed by atoms with Crippen molar-refractivity contribution in [3.63, 3.8) is 0 Å². The van der Waals surface area contributed by atoms with Crippen molar-refractivity contribution in [1.82, 2.24) is 4.90 Å². The molecule has 0 radical (unpaired) electrons. The zero-order chi connectivity index (χ0) is 13.1. The van der Waals surface area contributed by atoms with Gasteiger partial charge in [-0.15, -0.1) is 0 Å². The van der Waals surface area contributed by atoms with Crippen molar-refractivity contribution >= 4 is 27.7 Å². The summed E-state index contributed by atoms with van der Waals surface area (Å²) in [6.45, 7) is 2.52. The Morgan fingerprint density at radius 3 is 2.50 bits per heavy atom. The predicted molar refractivity (Wildman–Crippen MR) is 73.1 cm³/mol. The minimum Gasteiger partial charge on any atom is -0.283 e. The van der Waals surface area contributed by atoms with Crippen LogP contribution in [0.3, 0.4) is 0 Å². The molecule has 0 bridgehead atoms. The fourth-order valence-electron chi connectivity index (χ4n) is 2.32. The highest BCUT2D eigenvalue weighted by Crippen LogP contribution is 2.30. The first-order valence-corrected chi connectivity index (χ1v) is 6.99. The number of hydrogen-bond donors (Lipinski definition) is 0. The third-order valence-electron chi connectivity index (χ3n) is 3.21. The summed E-state index contributed by atoms with van der Waals surface area (Å²) in [6, 6.07) is 7.85. The summed E-state index contributed by atoms with van der Waals surface area (Å²) in [5.74, 6) is -0.0632. The Morgan fingerprint density at radius 2 is 1.94 bits per heavy atom. The van der Waals surface area contributed by atoms with Crippen LogP contribution in [0.2, 0.25) is 0 Å². The van der Waals surface area contributed by atoms with E-state index in [1.807, 2.05) is 31.2 Å². The van der Waals surface area contributed by atoms with Gasteiger partial charge in [0.05, 0.1) is 0 Å². The van der Waals surface area contributed by atoms with Crippen molar-refractivity contribution in [3.8, 4) is 0 Å². The minimum atomic E-state index is -0.0434. The molecule has 0 aliphatic carbocycles. The number of carbonyl (C=O) groups excluding carboxylic acids is 2. The molecule has 0 spiro atoms. The molecule has 1 aromatic carbocycles. The highest BCUT2D eigenvalue weighted by atomic mass is 79.9. The zero-order valence-corrected chi connectivity index (χ0v) is 11.9. The molecular weight excluding hydrogens is 294 g/mol. The van der Waals surface area contributed by atoms with Gasteiger partial charge in [-0.25, -0.2) is 0 Å². The van der Waals surface area contributed by atoms with Crippen LogP contribution in [0.4, 0.5) is 0 Å². The molecule has 0 saturated carbocycles. The Kier molecular flexibility index (Phi) is 4.17. The standard InChI is InChI=1S/C14H16BrNO2/c1-2-6-16-13(17)8-11(9-14(16)18)10-4-3-5-12(15)7-10/h3-5,7,11H,2,6,8-9H2,1H3. The molecule has 4 heteroatoms. The Bertz CT molecular complexity index is 455. The molecule has 1 aliphatic rings. The molecule has 1 aliphatic heterocycles. The number of carbonyl (C=O) groups is 2. The average Bonchev–Trinajstić information content (AvgIpc) is 2.33. The first-order valence-electron chi connectivity index (χ1n) is 6.20. The molecule has 18 heavy (non-hydrogen) atoms. The van der Waals surface area contributed by atoms with E-state index in [0.717, 1.165) is 16.5 Å². The van der Waals surface area contributed by atoms with E-state index in [1.54, 1.807) is 0 Å². The van der Waals surface area contributed by atoms with Gasteiger partial charge >= 0.3 is 0 Å². The lowest BCUT2D eigenvalue weighted by Gasteiger charge is -2.30. The first-order chi connectivity index (χ1) is 8.61. The van der Waals surface area contributed by atoms with Crippen LogP contribution in [0, 0.1) is 0 Å². The maximum absolute atomic E-state index is 12.0. The van der Waals surface area contributed by atoms with Crippen LogP contribution in [0.1, 0.15) is 37.7 Å². The van der Waals surface area contributed by atoms with Crippen molar-refractivity contribution in [3.05, 3.63) is 34.3 Å². The maximum Gasteiger partial charge on any atom is 0.229 e. The number of nitrogens with zero attached hydrogens (tertiary/aromatic N) is 1. The molecule has 2 rings (SSSR count). The van der Waals surface area contributed by atoms with Crippen LogP contribution in [-0.2, 0) is 9.59 Å². The average molecular weight is 310 g/mol. The third-order valence-corrected chi connectivity index (χ3v) is 3.70. The van der Waals surface area contributed by atoms with Gasteiger partial charge in [0.25, 0.3) is 0 Å². The molecule has 1 aromatic rings. The van der Waals surface area contributed by atoms with E-state index in [0.29, 0.717) is 19.4 Å². The smallest absolute Gasteiger partial charge is 0.229 e. The van der Waals surface area contributed by atoms with Gasteiger partial charge in [-0.05, 0) is 24.1 Å². The fourth-order valence-corrected chi connectivity index (χ4v) is 2.74. The number of rotatable bonds is 3. The van der Waals surface area contributed by atoms with Crippen molar-refractivity contribution in [2.24, 2.45) is 0 Å². The number of hydrogen-bond acceptors (Lipinski definition) is 2. The lowest BCUT2D eigenvalue weighted by molar-refractivity contribution is -0.148. The van der Waals surface area contributed by atoms with E-state index in [2.05, 4.69) is 15.9 Å². The number of likely N-dealkylation sites (tertiary alicyclic amines) is 1. The first kappa shape index (κ1) is 13.3. The SMILES string of the molecule is CCCN1C(=O)CC(c2cccc(Br)c2)CC1=O. The highest BCUT2D eigenvalue weighted by molar-refractivity contribution is 9.10. The van der Waals surface area contributed by atoms with Gasteiger partial charge < -0.3 is 0 Å². The number of piperidine rings is 1. The van der Waals surface area contributed by atoms with Crippen molar-refractivity contribution in [2.75, 3.05) is 6.54 Å². The molecule has 1 saturated heterocycles. The van der Waals surface area contributed by atoms with E-state index in [4.69, 9.17) is 0 Å². The van der Waals surface area contributed by atoms with Gasteiger partial charge in [0.1, 0.15) is 0 Å². The number of imide groups is 1. The Hall–Kier alpha value is -1.16. The number of amides is 2. The summed E-state index contributed by atoms with van der Waals surface area (Å²) < 4.78 is 0.982. The second-order valence-corrected chi connectivity index (χ2v) is 5.51. The summed E-state index contributed by atoms with van der Waals surface area (Å²) in [7, 11) is 0. The van der Waals surface area contributed by atoms with Crippen LogP contribution in [0.25, 0.3) is 0 Å². The summed E-state index contributed by atoms with van der Waals surface area (Å²) in [5.41, 5.74) is 1.06. The van der Waals surface area contributed by atoms with Crippen LogP contribution < -0.4 is 0 Å². The minimum absolute atomic E-state index is 0.0237. The summed E-state index contributed by atoms with van der Waals surface area (Å²) >= 11 is 3.42. The summed E-state index contributed by atoms with van der Waals surface area (Å²) in [6.07, 6.45) is 1.68. The maximum atomic E-state index is 12.0. The second kappa shape index (κ2) is 5.65. The molecule has 1 fully saturated rings. The molecule has 0 unspecified atom stereocenters. The van der Waals surface area contributed by atoms with Gasteiger partial charge in [-0.2, -0.15) is 0 Å². The van der Waals surface area contributed by atoms with Gasteiger partial charge in [0.2, 0.25) is 11.8 Å². The number of halogens is 1. The summed E-state index contributed by atoms with van der Waals surface area (Å²) in [5, 5.41) is 0. The molecule has 3 nitrogen and oxygen atoms in total. The van der Waals surface area contributed by atoms with E-state index in [-0.39, 0.29) is 17.7 Å². The highest BCUT2D eigenvalue weighted by Gasteiger charge is 2.32. The number of benzene rings is 1. The normalized spacial score (nSPS) is 17.3. The lowest BCUT2D eigenvalue weighted by Crippen LogP contribution is -2.42. The largest absolute Gasteiger partial charge is 0.283 e. The van der Waals surface area contributed by atoms with Gasteiger partial charge in [0, 0.05) is 29.8 Å². The van der Waals surface area contributed by atoms with Crippen molar-refractivity contribution in [2.45, 2.75) is 32.1 Å². The molecule has 0 atom stereocenters. The van der Waals surface area contributed by atoms with E-state index < -0.39 is 0 Å². The van der Waals surface area contributed by atoms with Gasteiger partial charge in [-0.3, -0.25) is 14.5 Å². The van der Waals surface area contributed by atoms with Gasteiger partial charge in [-0.1, -0.05) is 35.0 Å². The van der Waals surface area contributed by atoms with Crippen molar-refractivity contribution < 1.29 is 9.59 Å². The predicted octanol–water partition coefficient (Wildman–Crippen LogP) is 3.09. The molecular formula is C14H16BrNO2. The van der Waals surface area contributed by atoms with E-state index in [9.17, 15) is 9.59 Å².